The Labute approximate surface area is 107 Å². The predicted octanol–water partition coefficient (Wildman–Crippen LogP) is 1.83. The van der Waals surface area contributed by atoms with Gasteiger partial charge in [0, 0.05) is 24.8 Å². The van der Waals surface area contributed by atoms with Gasteiger partial charge in [-0.2, -0.15) is 0 Å². The van der Waals surface area contributed by atoms with Gasteiger partial charge in [0.15, 0.2) is 0 Å². The molecule has 0 amide bonds. The number of rotatable bonds is 6. The minimum Gasteiger partial charge on any atom is -0.384 e. The minimum absolute atomic E-state index is 0.725. The molecule has 2 rings (SSSR count). The van der Waals surface area contributed by atoms with Gasteiger partial charge >= 0.3 is 0 Å². The molecule has 0 atom stereocenters. The van der Waals surface area contributed by atoms with Crippen molar-refractivity contribution in [2.45, 2.75) is 13.1 Å². The van der Waals surface area contributed by atoms with Gasteiger partial charge in [-0.3, -0.25) is 9.97 Å². The lowest BCUT2D eigenvalue weighted by atomic mass is 10.3. The van der Waals surface area contributed by atoms with Crippen molar-refractivity contribution in [1.29, 1.82) is 0 Å². The highest BCUT2D eigenvalue weighted by atomic mass is 14.9. The van der Waals surface area contributed by atoms with Crippen molar-refractivity contribution >= 4 is 0 Å². The molecule has 0 unspecified atom stereocenters. The Morgan fingerprint density at radius 1 is 0.778 bits per heavy atom. The zero-order valence-corrected chi connectivity index (χ0v) is 10.1. The molecule has 0 saturated carbocycles. The highest BCUT2D eigenvalue weighted by Crippen LogP contribution is 1.92. The largest absolute Gasteiger partial charge is 0.384 e. The highest BCUT2D eigenvalue weighted by molar-refractivity contribution is 5.04. The number of hydrogen-bond acceptors (Lipinski definition) is 4. The maximum atomic E-state index is 4.22. The molecule has 0 aliphatic carbocycles. The first kappa shape index (κ1) is 12.1. The summed E-state index contributed by atoms with van der Waals surface area (Å²) in [5, 5.41) is 6.32. The van der Waals surface area contributed by atoms with Crippen molar-refractivity contribution in [1.82, 2.24) is 20.6 Å². The molecule has 0 spiro atoms. The van der Waals surface area contributed by atoms with Gasteiger partial charge in [-0.05, 0) is 24.3 Å². The van der Waals surface area contributed by atoms with E-state index in [4.69, 9.17) is 0 Å². The van der Waals surface area contributed by atoms with Crippen LogP contribution in [0.2, 0.25) is 0 Å². The second kappa shape index (κ2) is 7.06. The summed E-state index contributed by atoms with van der Waals surface area (Å²) in [4.78, 5) is 8.43. The highest BCUT2D eigenvalue weighted by Gasteiger charge is 1.89. The quantitative estimate of drug-likeness (QED) is 0.808. The first-order valence-electron chi connectivity index (χ1n) is 5.87. The van der Waals surface area contributed by atoms with Crippen LogP contribution in [-0.4, -0.2) is 9.97 Å². The molecule has 0 fully saturated rings. The number of aromatic nitrogens is 2. The van der Waals surface area contributed by atoms with E-state index in [2.05, 4.69) is 20.6 Å². The second-order valence-corrected chi connectivity index (χ2v) is 3.74. The maximum Gasteiger partial charge on any atom is 0.0594 e. The summed E-state index contributed by atoms with van der Waals surface area (Å²) in [5.41, 5.74) is 2.04. The van der Waals surface area contributed by atoms with Crippen LogP contribution in [0, 0.1) is 0 Å². The molecule has 92 valence electrons. The molecular formula is C14H16N4. The van der Waals surface area contributed by atoms with Gasteiger partial charge in [0.2, 0.25) is 0 Å². The molecule has 0 bridgehead atoms. The van der Waals surface area contributed by atoms with E-state index in [0.717, 1.165) is 24.5 Å². The van der Waals surface area contributed by atoms with Crippen molar-refractivity contribution in [2.75, 3.05) is 0 Å². The van der Waals surface area contributed by atoms with E-state index < -0.39 is 0 Å². The molecule has 0 aromatic carbocycles. The molecule has 0 aliphatic heterocycles. The molecule has 4 heteroatoms. The zero-order valence-electron chi connectivity index (χ0n) is 10.1. The Morgan fingerprint density at radius 2 is 1.28 bits per heavy atom. The lowest BCUT2D eigenvalue weighted by molar-refractivity contribution is 0.797. The van der Waals surface area contributed by atoms with Gasteiger partial charge in [0.05, 0.1) is 24.5 Å². The van der Waals surface area contributed by atoms with Crippen LogP contribution in [0.1, 0.15) is 11.4 Å². The van der Waals surface area contributed by atoms with E-state index in [9.17, 15) is 0 Å². The smallest absolute Gasteiger partial charge is 0.0594 e. The summed E-state index contributed by atoms with van der Waals surface area (Å²) in [6.45, 7) is 1.45. The third-order valence-electron chi connectivity index (χ3n) is 2.34. The van der Waals surface area contributed by atoms with Crippen molar-refractivity contribution in [3.63, 3.8) is 0 Å². The minimum atomic E-state index is 0.725. The second-order valence-electron chi connectivity index (χ2n) is 3.74. The predicted molar refractivity (Wildman–Crippen MR) is 71.3 cm³/mol. The molecule has 0 aliphatic rings. The fraction of sp³-hybridized carbons (Fsp3) is 0.143. The molecule has 2 aromatic heterocycles. The van der Waals surface area contributed by atoms with Crippen molar-refractivity contribution in [3.05, 3.63) is 72.6 Å². The van der Waals surface area contributed by atoms with E-state index in [-0.39, 0.29) is 0 Å². The van der Waals surface area contributed by atoms with Crippen LogP contribution < -0.4 is 10.6 Å². The van der Waals surface area contributed by atoms with Gasteiger partial charge < -0.3 is 10.6 Å². The summed E-state index contributed by atoms with van der Waals surface area (Å²) in [6.07, 6.45) is 7.33. The van der Waals surface area contributed by atoms with Gasteiger partial charge in [-0.15, -0.1) is 0 Å². The third-order valence-corrected chi connectivity index (χ3v) is 2.34. The normalized spacial score (nSPS) is 10.4. The summed E-state index contributed by atoms with van der Waals surface area (Å²) in [6, 6.07) is 11.8. The van der Waals surface area contributed by atoms with E-state index >= 15 is 0 Å². The standard InChI is InChI=1S/C14H16N4/c1-3-7-17-13(5-1)11-15-9-10-16-12-14-6-2-4-8-18-14/h1-10,15-16H,11-12H2. The molecule has 18 heavy (non-hydrogen) atoms. The van der Waals surface area contributed by atoms with Crippen molar-refractivity contribution in [2.24, 2.45) is 0 Å². The molecule has 0 radical (unpaired) electrons. The van der Waals surface area contributed by atoms with Crippen LogP contribution in [0.3, 0.4) is 0 Å². The van der Waals surface area contributed by atoms with Crippen LogP contribution in [0.15, 0.2) is 61.2 Å². The Morgan fingerprint density at radius 3 is 1.67 bits per heavy atom. The molecule has 0 saturated heterocycles. The number of hydrogen-bond donors (Lipinski definition) is 2. The first-order valence-corrected chi connectivity index (χ1v) is 5.87. The first-order chi connectivity index (χ1) is 8.95. The Balaban J connectivity index is 1.64. The van der Waals surface area contributed by atoms with Crippen LogP contribution >= 0.6 is 0 Å². The molecule has 2 N–H and O–H groups in total. The van der Waals surface area contributed by atoms with Crippen LogP contribution in [0.5, 0.6) is 0 Å². The van der Waals surface area contributed by atoms with Gasteiger partial charge in [0.1, 0.15) is 0 Å². The molecule has 4 nitrogen and oxygen atoms in total. The zero-order chi connectivity index (χ0) is 12.5. The maximum absolute atomic E-state index is 4.22. The monoisotopic (exact) mass is 240 g/mol. The Bertz CT molecular complexity index is 422. The van der Waals surface area contributed by atoms with Crippen LogP contribution in [0.25, 0.3) is 0 Å². The van der Waals surface area contributed by atoms with Gasteiger partial charge in [-0.25, -0.2) is 0 Å². The van der Waals surface area contributed by atoms with Crippen molar-refractivity contribution in [3.8, 4) is 0 Å². The fourth-order valence-corrected chi connectivity index (χ4v) is 1.45. The lowest BCUT2D eigenvalue weighted by Crippen LogP contribution is -2.10. The average Bonchev–Trinajstić information content (AvgIpc) is 2.45. The Kier molecular flexibility index (Phi) is 4.75. The molecular weight excluding hydrogens is 224 g/mol. The van der Waals surface area contributed by atoms with E-state index in [1.807, 2.05) is 48.8 Å². The summed E-state index contributed by atoms with van der Waals surface area (Å²) >= 11 is 0. The fourth-order valence-electron chi connectivity index (χ4n) is 1.45. The summed E-state index contributed by atoms with van der Waals surface area (Å²) in [7, 11) is 0. The lowest BCUT2D eigenvalue weighted by Gasteiger charge is -2.01. The van der Waals surface area contributed by atoms with E-state index in [1.165, 1.54) is 0 Å². The van der Waals surface area contributed by atoms with E-state index in [1.54, 1.807) is 12.4 Å². The van der Waals surface area contributed by atoms with Gasteiger partial charge in [0.25, 0.3) is 0 Å². The number of pyridine rings is 2. The number of nitrogens with zero attached hydrogens (tertiary/aromatic N) is 2. The van der Waals surface area contributed by atoms with Crippen LogP contribution in [0.4, 0.5) is 0 Å². The third kappa shape index (κ3) is 4.25. The van der Waals surface area contributed by atoms with Gasteiger partial charge in [-0.1, -0.05) is 12.1 Å². The number of nitrogens with one attached hydrogen (secondary N) is 2. The average molecular weight is 240 g/mol. The molecule has 2 heterocycles. The Hall–Kier alpha value is -2.36. The topological polar surface area (TPSA) is 49.8 Å². The van der Waals surface area contributed by atoms with E-state index in [0.29, 0.717) is 0 Å². The van der Waals surface area contributed by atoms with Crippen LogP contribution in [-0.2, 0) is 13.1 Å². The summed E-state index contributed by atoms with van der Waals surface area (Å²) < 4.78 is 0. The van der Waals surface area contributed by atoms with Crippen molar-refractivity contribution < 1.29 is 0 Å². The molecule has 2 aromatic rings. The SMILES string of the molecule is C(=CNCc1ccccn1)NCc1ccccn1. The summed E-state index contributed by atoms with van der Waals surface area (Å²) in [5.74, 6) is 0.